The molecule has 0 saturated carbocycles. The minimum absolute atomic E-state index is 0.112. The molecule has 1 aliphatic rings. The number of nitrogens with one attached hydrogen (secondary N) is 2. The second kappa shape index (κ2) is 9.52. The molecule has 1 aromatic rings. The van der Waals surface area contributed by atoms with Crippen molar-refractivity contribution in [2.75, 3.05) is 26.8 Å². The van der Waals surface area contributed by atoms with Crippen molar-refractivity contribution in [3.05, 3.63) is 23.8 Å². The van der Waals surface area contributed by atoms with Gasteiger partial charge in [0.05, 0.1) is 13.7 Å². The van der Waals surface area contributed by atoms with Crippen LogP contribution in [0.3, 0.4) is 0 Å². The molecule has 2 unspecified atom stereocenters. The van der Waals surface area contributed by atoms with Crippen LogP contribution in [0.15, 0.2) is 18.2 Å². The van der Waals surface area contributed by atoms with Crippen LogP contribution in [0.1, 0.15) is 38.7 Å². The van der Waals surface area contributed by atoms with E-state index in [1.807, 2.05) is 25.1 Å². The van der Waals surface area contributed by atoms with Crippen LogP contribution in [0.5, 0.6) is 11.5 Å². The fraction of sp³-hybridized carbons (Fsp3) is 0.632. The fourth-order valence-electron chi connectivity index (χ4n) is 3.19. The van der Waals surface area contributed by atoms with E-state index in [0.717, 1.165) is 24.4 Å². The lowest BCUT2D eigenvalue weighted by atomic mass is 9.85. The highest BCUT2D eigenvalue weighted by Gasteiger charge is 2.21. The Hall–Kier alpha value is -1.75. The van der Waals surface area contributed by atoms with Gasteiger partial charge in [0.1, 0.15) is 0 Å². The van der Waals surface area contributed by atoms with E-state index in [1.165, 1.54) is 12.8 Å². The summed E-state index contributed by atoms with van der Waals surface area (Å²) in [4.78, 5) is 12.2. The van der Waals surface area contributed by atoms with Gasteiger partial charge in [-0.05, 0) is 62.4 Å². The number of ether oxygens (including phenoxy) is 2. The molecule has 24 heavy (non-hydrogen) atoms. The van der Waals surface area contributed by atoms with Crippen molar-refractivity contribution in [3.63, 3.8) is 0 Å². The summed E-state index contributed by atoms with van der Waals surface area (Å²) >= 11 is 0. The molecular weight excluding hydrogens is 304 g/mol. The Balaban J connectivity index is 1.82. The predicted octanol–water partition coefficient (Wildman–Crippen LogP) is 2.74. The molecule has 134 valence electrons. The van der Waals surface area contributed by atoms with Gasteiger partial charge in [-0.25, -0.2) is 0 Å². The molecule has 2 atom stereocenters. The normalized spacial score (nSPS) is 18.7. The van der Waals surface area contributed by atoms with Gasteiger partial charge in [-0.2, -0.15) is 0 Å². The summed E-state index contributed by atoms with van der Waals surface area (Å²) in [5.41, 5.74) is 1.01. The first-order valence-electron chi connectivity index (χ1n) is 8.91. The van der Waals surface area contributed by atoms with Crippen molar-refractivity contribution in [1.29, 1.82) is 0 Å². The minimum Gasteiger partial charge on any atom is -0.493 e. The van der Waals surface area contributed by atoms with Crippen molar-refractivity contribution in [2.24, 2.45) is 11.8 Å². The van der Waals surface area contributed by atoms with Crippen LogP contribution in [0.4, 0.5) is 0 Å². The van der Waals surface area contributed by atoms with E-state index in [2.05, 4.69) is 17.6 Å². The molecular formula is C19H30N2O3. The van der Waals surface area contributed by atoms with Gasteiger partial charge in [-0.15, -0.1) is 0 Å². The van der Waals surface area contributed by atoms with Crippen molar-refractivity contribution in [2.45, 2.75) is 39.7 Å². The molecule has 0 spiro atoms. The minimum atomic E-state index is 0.112. The van der Waals surface area contributed by atoms with Crippen LogP contribution in [-0.2, 0) is 11.3 Å². The molecule has 5 nitrogen and oxygen atoms in total. The molecule has 2 N–H and O–H groups in total. The maximum atomic E-state index is 12.2. The van der Waals surface area contributed by atoms with Crippen molar-refractivity contribution < 1.29 is 14.3 Å². The standard InChI is InChI=1S/C19H30N2O3/c1-4-24-17-8-7-15(11-18(17)23-3)12-21-19(22)10-14(2)16-6-5-9-20-13-16/h7-8,11,14,16,20H,4-6,9-10,12-13H2,1-3H3,(H,21,22). The third kappa shape index (κ3) is 5.41. The van der Waals surface area contributed by atoms with Gasteiger partial charge < -0.3 is 20.1 Å². The van der Waals surface area contributed by atoms with Crippen LogP contribution in [-0.4, -0.2) is 32.7 Å². The van der Waals surface area contributed by atoms with E-state index >= 15 is 0 Å². The van der Waals surface area contributed by atoms with E-state index in [9.17, 15) is 4.79 Å². The molecule has 1 aromatic carbocycles. The van der Waals surface area contributed by atoms with Gasteiger partial charge in [0.2, 0.25) is 5.91 Å². The van der Waals surface area contributed by atoms with E-state index in [-0.39, 0.29) is 5.91 Å². The SMILES string of the molecule is CCOc1ccc(CNC(=O)CC(C)C2CCCNC2)cc1OC. The van der Waals surface area contributed by atoms with Crippen LogP contribution in [0, 0.1) is 11.8 Å². The number of carbonyl (C=O) groups is 1. The maximum absolute atomic E-state index is 12.2. The largest absolute Gasteiger partial charge is 0.493 e. The van der Waals surface area contributed by atoms with Gasteiger partial charge >= 0.3 is 0 Å². The summed E-state index contributed by atoms with van der Waals surface area (Å²) < 4.78 is 10.9. The van der Waals surface area contributed by atoms with Crippen LogP contribution >= 0.6 is 0 Å². The zero-order valence-corrected chi connectivity index (χ0v) is 15.1. The molecule has 0 aromatic heterocycles. The topological polar surface area (TPSA) is 59.6 Å². The molecule has 0 bridgehead atoms. The highest BCUT2D eigenvalue weighted by Crippen LogP contribution is 2.28. The molecule has 0 radical (unpaired) electrons. The number of piperidine rings is 1. The number of hydrogen-bond acceptors (Lipinski definition) is 4. The van der Waals surface area contributed by atoms with E-state index in [1.54, 1.807) is 7.11 Å². The molecule has 1 saturated heterocycles. The Labute approximate surface area is 145 Å². The predicted molar refractivity (Wildman–Crippen MR) is 95.4 cm³/mol. The van der Waals surface area contributed by atoms with Gasteiger partial charge in [0.15, 0.2) is 11.5 Å². The zero-order valence-electron chi connectivity index (χ0n) is 15.1. The highest BCUT2D eigenvalue weighted by molar-refractivity contribution is 5.76. The lowest BCUT2D eigenvalue weighted by molar-refractivity contribution is -0.122. The smallest absolute Gasteiger partial charge is 0.220 e. The van der Waals surface area contributed by atoms with Crippen molar-refractivity contribution in [1.82, 2.24) is 10.6 Å². The molecule has 5 heteroatoms. The van der Waals surface area contributed by atoms with Crippen LogP contribution in [0.2, 0.25) is 0 Å². The Kier molecular flexibility index (Phi) is 7.37. The maximum Gasteiger partial charge on any atom is 0.220 e. The van der Waals surface area contributed by atoms with Gasteiger partial charge in [0, 0.05) is 13.0 Å². The van der Waals surface area contributed by atoms with E-state index in [0.29, 0.717) is 37.2 Å². The summed E-state index contributed by atoms with van der Waals surface area (Å²) in [6.07, 6.45) is 3.01. The lowest BCUT2D eigenvalue weighted by Crippen LogP contribution is -2.35. The third-order valence-electron chi connectivity index (χ3n) is 4.66. The summed E-state index contributed by atoms with van der Waals surface area (Å²) in [6, 6.07) is 5.77. The van der Waals surface area contributed by atoms with Crippen molar-refractivity contribution >= 4 is 5.91 Å². The Morgan fingerprint density at radius 1 is 1.42 bits per heavy atom. The number of rotatable bonds is 8. The Morgan fingerprint density at radius 2 is 2.25 bits per heavy atom. The average molecular weight is 334 g/mol. The molecule has 2 rings (SSSR count). The first kappa shape index (κ1) is 18.6. The third-order valence-corrected chi connectivity index (χ3v) is 4.66. The summed E-state index contributed by atoms with van der Waals surface area (Å²) in [6.45, 7) is 7.37. The number of amides is 1. The first-order valence-corrected chi connectivity index (χ1v) is 8.91. The molecule has 1 heterocycles. The van der Waals surface area contributed by atoms with Crippen LogP contribution < -0.4 is 20.1 Å². The fourth-order valence-corrected chi connectivity index (χ4v) is 3.19. The Bertz CT molecular complexity index is 527. The summed E-state index contributed by atoms with van der Waals surface area (Å²) in [5, 5.41) is 6.43. The monoisotopic (exact) mass is 334 g/mol. The molecule has 1 aliphatic heterocycles. The number of carbonyl (C=O) groups excluding carboxylic acids is 1. The first-order chi connectivity index (χ1) is 11.6. The number of hydrogen-bond donors (Lipinski definition) is 2. The second-order valence-electron chi connectivity index (χ2n) is 6.48. The summed E-state index contributed by atoms with van der Waals surface area (Å²) in [5.74, 6) is 2.56. The van der Waals surface area contributed by atoms with E-state index in [4.69, 9.17) is 9.47 Å². The number of benzene rings is 1. The zero-order chi connectivity index (χ0) is 17.4. The Morgan fingerprint density at radius 3 is 2.92 bits per heavy atom. The quantitative estimate of drug-likeness (QED) is 0.767. The average Bonchev–Trinajstić information content (AvgIpc) is 2.61. The molecule has 0 aliphatic carbocycles. The van der Waals surface area contributed by atoms with Gasteiger partial charge in [-0.3, -0.25) is 4.79 Å². The number of methoxy groups -OCH3 is 1. The van der Waals surface area contributed by atoms with Crippen LogP contribution in [0.25, 0.3) is 0 Å². The highest BCUT2D eigenvalue weighted by atomic mass is 16.5. The van der Waals surface area contributed by atoms with Crippen molar-refractivity contribution in [3.8, 4) is 11.5 Å². The van der Waals surface area contributed by atoms with Gasteiger partial charge in [0.25, 0.3) is 0 Å². The van der Waals surface area contributed by atoms with Gasteiger partial charge in [-0.1, -0.05) is 13.0 Å². The molecule has 1 fully saturated rings. The lowest BCUT2D eigenvalue weighted by Gasteiger charge is -2.28. The second-order valence-corrected chi connectivity index (χ2v) is 6.48. The van der Waals surface area contributed by atoms with E-state index < -0.39 is 0 Å². The summed E-state index contributed by atoms with van der Waals surface area (Å²) in [7, 11) is 1.63. The molecule has 1 amide bonds.